The number of benzene rings is 2. The van der Waals surface area contributed by atoms with Gasteiger partial charge in [0.25, 0.3) is 0 Å². The standard InChI is InChI=1S/C35H45N3O3/c39-35(40)33(28-14-8-3-9-15-28)38-24-31(32(25-38)27-12-6-2-7-13-27)23-37-20-18-29(19-21-37)34-30(22-36-41-34)17-16-26-10-4-1-5-11-26/h1-2,4-7,10-13,22,28-29,31-33H,3,8-9,14-21,23-25H2,(H,39,40)/t31-,32+,33+/m0/s1. The summed E-state index contributed by atoms with van der Waals surface area (Å²) in [7, 11) is 0. The van der Waals surface area contributed by atoms with Gasteiger partial charge in [-0.25, -0.2) is 0 Å². The molecule has 2 aromatic carbocycles. The first-order valence-electron chi connectivity index (χ1n) is 15.9. The number of rotatable bonds is 10. The van der Waals surface area contributed by atoms with E-state index in [-0.39, 0.29) is 12.0 Å². The summed E-state index contributed by atoms with van der Waals surface area (Å²) in [6.07, 6.45) is 11.7. The third kappa shape index (κ3) is 6.76. The lowest BCUT2D eigenvalue weighted by Gasteiger charge is -2.35. The highest BCUT2D eigenvalue weighted by molar-refractivity contribution is 5.74. The number of hydrogen-bond donors (Lipinski definition) is 1. The zero-order valence-electron chi connectivity index (χ0n) is 24.2. The monoisotopic (exact) mass is 555 g/mol. The number of aliphatic carboxylic acids is 1. The first kappa shape index (κ1) is 28.2. The lowest BCUT2D eigenvalue weighted by atomic mass is 9.83. The zero-order chi connectivity index (χ0) is 28.0. The third-order valence-electron chi connectivity index (χ3n) is 10.1. The topological polar surface area (TPSA) is 69.8 Å². The molecule has 0 unspecified atom stereocenters. The number of hydrogen-bond acceptors (Lipinski definition) is 5. The maximum absolute atomic E-state index is 12.6. The van der Waals surface area contributed by atoms with Crippen LogP contribution in [0.4, 0.5) is 0 Å². The highest BCUT2D eigenvalue weighted by atomic mass is 16.5. The molecule has 0 amide bonds. The summed E-state index contributed by atoms with van der Waals surface area (Å²) < 4.78 is 5.83. The summed E-state index contributed by atoms with van der Waals surface area (Å²) in [5, 5.41) is 14.5. The molecular weight excluding hydrogens is 510 g/mol. The molecule has 41 heavy (non-hydrogen) atoms. The molecule has 3 aromatic rings. The average molecular weight is 556 g/mol. The summed E-state index contributed by atoms with van der Waals surface area (Å²) in [6.45, 7) is 4.84. The van der Waals surface area contributed by atoms with E-state index >= 15 is 0 Å². The van der Waals surface area contributed by atoms with Crippen LogP contribution >= 0.6 is 0 Å². The van der Waals surface area contributed by atoms with Crippen LogP contribution in [0.2, 0.25) is 0 Å². The molecule has 3 aliphatic rings. The van der Waals surface area contributed by atoms with Crippen molar-refractivity contribution in [3.8, 4) is 0 Å². The van der Waals surface area contributed by atoms with Gasteiger partial charge in [0.2, 0.25) is 0 Å². The fourth-order valence-electron chi connectivity index (χ4n) is 7.93. The summed E-state index contributed by atoms with van der Waals surface area (Å²) in [4.78, 5) is 17.5. The second-order valence-corrected chi connectivity index (χ2v) is 12.7. The van der Waals surface area contributed by atoms with E-state index in [0.29, 0.717) is 17.8 Å². The van der Waals surface area contributed by atoms with Gasteiger partial charge in [-0.05, 0) is 74.6 Å². The molecule has 1 aromatic heterocycles. The number of carboxylic acids is 1. The van der Waals surface area contributed by atoms with Crippen LogP contribution in [0.25, 0.3) is 0 Å². The molecule has 0 spiro atoms. The summed E-state index contributed by atoms with van der Waals surface area (Å²) in [6, 6.07) is 21.1. The van der Waals surface area contributed by atoms with Crippen molar-refractivity contribution < 1.29 is 14.4 Å². The van der Waals surface area contributed by atoms with Crippen LogP contribution in [-0.2, 0) is 17.6 Å². The molecular formula is C35H45N3O3. The minimum Gasteiger partial charge on any atom is -0.480 e. The lowest BCUT2D eigenvalue weighted by molar-refractivity contribution is -0.145. The molecule has 3 heterocycles. The van der Waals surface area contributed by atoms with Crippen molar-refractivity contribution >= 4 is 5.97 Å². The molecule has 6 nitrogen and oxygen atoms in total. The Kier molecular flexibility index (Phi) is 9.17. The van der Waals surface area contributed by atoms with E-state index in [1.165, 1.54) is 36.0 Å². The Bertz CT molecular complexity index is 1230. The Morgan fingerprint density at radius 2 is 1.61 bits per heavy atom. The summed E-state index contributed by atoms with van der Waals surface area (Å²) in [5.74, 6) is 1.98. The third-order valence-corrected chi connectivity index (χ3v) is 10.1. The molecule has 1 N–H and O–H groups in total. The van der Waals surface area contributed by atoms with Gasteiger partial charge in [0.1, 0.15) is 11.8 Å². The molecule has 1 aliphatic carbocycles. The van der Waals surface area contributed by atoms with Crippen molar-refractivity contribution in [1.82, 2.24) is 15.0 Å². The molecule has 6 heteroatoms. The number of aryl methyl sites for hydroxylation is 2. The van der Waals surface area contributed by atoms with Crippen molar-refractivity contribution in [2.45, 2.75) is 75.7 Å². The predicted molar refractivity (Wildman–Crippen MR) is 161 cm³/mol. The van der Waals surface area contributed by atoms with E-state index in [1.807, 2.05) is 6.20 Å². The predicted octanol–water partition coefficient (Wildman–Crippen LogP) is 6.39. The number of piperidine rings is 1. The maximum atomic E-state index is 12.6. The van der Waals surface area contributed by atoms with Crippen molar-refractivity contribution in [2.24, 2.45) is 11.8 Å². The summed E-state index contributed by atoms with van der Waals surface area (Å²) in [5.41, 5.74) is 3.96. The van der Waals surface area contributed by atoms with E-state index in [9.17, 15) is 9.90 Å². The van der Waals surface area contributed by atoms with Crippen LogP contribution in [0, 0.1) is 11.8 Å². The first-order valence-corrected chi connectivity index (χ1v) is 15.9. The van der Waals surface area contributed by atoms with Gasteiger partial charge in [0, 0.05) is 37.0 Å². The van der Waals surface area contributed by atoms with Gasteiger partial charge in [-0.1, -0.05) is 85.1 Å². The van der Waals surface area contributed by atoms with Crippen LogP contribution in [0.5, 0.6) is 0 Å². The van der Waals surface area contributed by atoms with Gasteiger partial charge in [-0.2, -0.15) is 0 Å². The Morgan fingerprint density at radius 1 is 0.902 bits per heavy atom. The minimum absolute atomic E-state index is 0.283. The minimum atomic E-state index is -0.625. The van der Waals surface area contributed by atoms with E-state index in [1.54, 1.807) is 0 Å². The van der Waals surface area contributed by atoms with Crippen LogP contribution in [0.1, 0.15) is 79.2 Å². The van der Waals surface area contributed by atoms with Crippen LogP contribution in [-0.4, -0.2) is 64.8 Å². The number of carboxylic acid groups (broad SMARTS) is 1. The smallest absolute Gasteiger partial charge is 0.321 e. The van der Waals surface area contributed by atoms with E-state index < -0.39 is 5.97 Å². The SMILES string of the molecule is O=C(O)[C@@H](C1CCCCC1)N1C[C@H](CN2CCC(c3oncc3CCc3ccccc3)CC2)[C@@H](c2ccccc2)C1. The van der Waals surface area contributed by atoms with Gasteiger partial charge in [-0.3, -0.25) is 9.69 Å². The number of likely N-dealkylation sites (tertiary alicyclic amines) is 2. The second-order valence-electron chi connectivity index (χ2n) is 12.7. The molecule has 1 saturated carbocycles. The Balaban J connectivity index is 1.09. The Hall–Kier alpha value is -2.96. The number of nitrogens with zero attached hydrogens (tertiary/aromatic N) is 3. The quantitative estimate of drug-likeness (QED) is 0.313. The van der Waals surface area contributed by atoms with Crippen molar-refractivity contribution in [3.05, 3.63) is 89.3 Å². The Morgan fingerprint density at radius 3 is 2.32 bits per heavy atom. The lowest BCUT2D eigenvalue weighted by Crippen LogP contribution is -2.46. The molecule has 218 valence electrons. The maximum Gasteiger partial charge on any atom is 0.321 e. The van der Waals surface area contributed by atoms with Gasteiger partial charge in [-0.15, -0.1) is 0 Å². The first-order chi connectivity index (χ1) is 20.2. The van der Waals surface area contributed by atoms with Crippen LogP contribution in [0.3, 0.4) is 0 Å². The molecule has 3 fully saturated rings. The van der Waals surface area contributed by atoms with E-state index in [4.69, 9.17) is 4.52 Å². The van der Waals surface area contributed by atoms with Crippen molar-refractivity contribution in [3.63, 3.8) is 0 Å². The van der Waals surface area contributed by atoms with Crippen molar-refractivity contribution in [1.29, 1.82) is 0 Å². The molecule has 0 radical (unpaired) electrons. The summed E-state index contributed by atoms with van der Waals surface area (Å²) >= 11 is 0. The average Bonchev–Trinajstić information content (AvgIpc) is 3.65. The number of aromatic nitrogens is 1. The molecule has 0 bridgehead atoms. The van der Waals surface area contributed by atoms with Gasteiger partial charge in [0.15, 0.2) is 0 Å². The fraction of sp³-hybridized carbons (Fsp3) is 0.543. The highest BCUT2D eigenvalue weighted by Crippen LogP contribution is 2.39. The molecule has 2 saturated heterocycles. The van der Waals surface area contributed by atoms with Crippen LogP contribution in [0.15, 0.2) is 71.4 Å². The molecule has 3 atom stereocenters. The molecule has 6 rings (SSSR count). The fourth-order valence-corrected chi connectivity index (χ4v) is 7.93. The second kappa shape index (κ2) is 13.3. The number of carbonyl (C=O) groups is 1. The van der Waals surface area contributed by atoms with Gasteiger partial charge >= 0.3 is 5.97 Å². The largest absolute Gasteiger partial charge is 0.480 e. The van der Waals surface area contributed by atoms with Crippen LogP contribution < -0.4 is 0 Å². The molecule has 2 aliphatic heterocycles. The van der Waals surface area contributed by atoms with Gasteiger partial charge in [0.05, 0.1) is 6.20 Å². The highest BCUT2D eigenvalue weighted by Gasteiger charge is 2.43. The van der Waals surface area contributed by atoms with E-state index in [0.717, 1.165) is 77.0 Å². The van der Waals surface area contributed by atoms with Gasteiger partial charge < -0.3 is 14.5 Å². The Labute approximate surface area is 244 Å². The van der Waals surface area contributed by atoms with Crippen molar-refractivity contribution in [2.75, 3.05) is 32.7 Å². The van der Waals surface area contributed by atoms with E-state index in [2.05, 4.69) is 75.6 Å². The normalized spacial score (nSPS) is 24.0. The zero-order valence-corrected chi connectivity index (χ0v) is 24.2.